The second kappa shape index (κ2) is 9.88. The van der Waals surface area contributed by atoms with Crippen molar-refractivity contribution in [3.63, 3.8) is 0 Å². The minimum Gasteiger partial charge on any atom is -0.258 e. The third-order valence-electron chi connectivity index (χ3n) is 3.77. The van der Waals surface area contributed by atoms with E-state index in [9.17, 15) is 23.8 Å². The molecule has 0 aromatic heterocycles. The van der Waals surface area contributed by atoms with Crippen LogP contribution in [0.4, 0.5) is 11.4 Å². The Kier molecular flexibility index (Phi) is 7.54. The van der Waals surface area contributed by atoms with Gasteiger partial charge in [-0.1, -0.05) is 42.5 Å². The van der Waals surface area contributed by atoms with Crippen LogP contribution in [0.1, 0.15) is 6.92 Å². The van der Waals surface area contributed by atoms with Gasteiger partial charge in [0.05, 0.1) is 4.92 Å². The number of nitro benzene ring substituents is 1. The number of nitro groups is 1. The van der Waals surface area contributed by atoms with Crippen LogP contribution in [-0.2, 0) is 8.53 Å². The van der Waals surface area contributed by atoms with Gasteiger partial charge in [0.25, 0.3) is 5.69 Å². The van der Waals surface area contributed by atoms with E-state index in [1.165, 1.54) is 19.1 Å². The van der Waals surface area contributed by atoms with Crippen molar-refractivity contribution in [2.24, 2.45) is 0 Å². The van der Waals surface area contributed by atoms with E-state index in [0.717, 1.165) is 23.3 Å². The summed E-state index contributed by atoms with van der Waals surface area (Å²) >= 11 is -5.09. The van der Waals surface area contributed by atoms with Crippen molar-refractivity contribution in [2.75, 3.05) is 5.32 Å². The Labute approximate surface area is 174 Å². The molecule has 0 radical (unpaired) electrons. The first-order valence-electron chi connectivity index (χ1n) is 8.54. The van der Waals surface area contributed by atoms with E-state index >= 15 is 0 Å². The number of phenols is 1. The van der Waals surface area contributed by atoms with Gasteiger partial charge in [0.2, 0.25) is 0 Å². The van der Waals surface area contributed by atoms with Crippen LogP contribution < -0.4 is 9.67 Å². The van der Waals surface area contributed by atoms with Crippen LogP contribution >= 0.6 is 0 Å². The molecule has 9 nitrogen and oxygen atoms in total. The number of benzene rings is 3. The number of carbonyl (C=O) groups is 1. The third kappa shape index (κ3) is 6.59. The fourth-order valence-electron chi connectivity index (χ4n) is 2.48. The topological polar surface area (TPSA) is 150 Å². The minimum atomic E-state index is -5.09. The number of non-ortho nitro benzene ring substituents is 1. The van der Waals surface area contributed by atoms with E-state index in [-0.39, 0.29) is 22.2 Å². The zero-order chi connectivity index (χ0) is 22.3. The molecule has 3 aromatic rings. The maximum Gasteiger partial charge on any atom is 0.270 e. The number of hydrogen-bond donors (Lipinski definition) is 4. The molecule has 0 spiro atoms. The van der Waals surface area contributed by atoms with Gasteiger partial charge in [0, 0.05) is 12.1 Å². The Morgan fingerprint density at radius 1 is 0.967 bits per heavy atom. The van der Waals surface area contributed by atoms with E-state index < -0.39 is 24.3 Å². The summed E-state index contributed by atoms with van der Waals surface area (Å²) in [4.78, 5) is 20.9. The van der Waals surface area contributed by atoms with Crippen LogP contribution in [0.25, 0.3) is 11.1 Å². The molecule has 0 saturated heterocycles. The average molecular weight is 474 g/mol. The Bertz CT molecular complexity index is 1100. The van der Waals surface area contributed by atoms with E-state index in [2.05, 4.69) is 5.32 Å². The number of nitrogens with zero attached hydrogens (tertiary/aromatic N) is 1. The molecule has 0 aliphatic heterocycles. The number of aromatic hydroxyl groups is 1. The monoisotopic (exact) mass is 474 g/mol. The number of phenolic OH excluding ortho intramolecular Hbond substituents is 1. The van der Waals surface area contributed by atoms with Gasteiger partial charge in [-0.05, 0) is 11.1 Å². The first kappa shape index (κ1) is 22.9. The first-order chi connectivity index (χ1) is 14.1. The van der Waals surface area contributed by atoms with Crippen LogP contribution in [0.5, 0.6) is 5.75 Å². The molecule has 1 amide bonds. The quantitative estimate of drug-likeness (QED) is 0.257. The van der Waals surface area contributed by atoms with Crippen molar-refractivity contribution >= 4 is 35.8 Å². The van der Waals surface area contributed by atoms with Crippen LogP contribution in [0.3, 0.4) is 0 Å². The summed E-state index contributed by atoms with van der Waals surface area (Å²) in [5, 5.41) is 22.3. The summed E-state index contributed by atoms with van der Waals surface area (Å²) in [6.45, 7) is 1.29. The molecule has 0 fully saturated rings. The Hall–Kier alpha value is -3.39. The van der Waals surface area contributed by atoms with Gasteiger partial charge >= 0.3 is 88.1 Å². The summed E-state index contributed by atoms with van der Waals surface area (Å²) in [6.07, 6.45) is 0. The summed E-state index contributed by atoms with van der Waals surface area (Å²) in [5.74, 6) is -0.850. The molecule has 0 heterocycles. The van der Waals surface area contributed by atoms with Gasteiger partial charge < -0.3 is 0 Å². The molecule has 0 aliphatic carbocycles. The molecule has 0 unspecified atom stereocenters. The Morgan fingerprint density at radius 3 is 2.13 bits per heavy atom. The van der Waals surface area contributed by atoms with Gasteiger partial charge in [-0.25, -0.2) is 0 Å². The van der Waals surface area contributed by atoms with Gasteiger partial charge in [0.15, 0.2) is 0 Å². The second-order valence-electron chi connectivity index (χ2n) is 6.10. The number of anilines is 1. The fourth-order valence-corrected chi connectivity index (χ4v) is 3.81. The maximum atomic E-state index is 10.9. The number of nitrogens with one attached hydrogen (secondary N) is 1. The number of hydrogen-bond acceptors (Lipinski definition) is 5. The van der Waals surface area contributed by atoms with Crippen molar-refractivity contribution in [3.05, 3.63) is 82.9 Å². The second-order valence-corrected chi connectivity index (χ2v) is 9.40. The standard InChI is InChI=1S/C12H9NO2.C8H10AsNO5/c14-13(15)12-8-4-7-11(9-12)10-5-2-1-3-6-10;1-5(11)10-6-2-3-7(8(12)4-6)9(13,14)15/h1-9H;2-4,12H,1H3,(H,10,11)(H2,13,14,15). The van der Waals surface area contributed by atoms with Crippen molar-refractivity contribution in [1.29, 1.82) is 0 Å². The maximum absolute atomic E-state index is 10.9. The average Bonchev–Trinajstić information content (AvgIpc) is 2.68. The van der Waals surface area contributed by atoms with Gasteiger partial charge in [0.1, 0.15) is 0 Å². The molecule has 3 aromatic carbocycles. The number of carbonyl (C=O) groups excluding carboxylic acids is 1. The fraction of sp³-hybridized carbons (Fsp3) is 0.0500. The van der Waals surface area contributed by atoms with Crippen molar-refractivity contribution in [3.8, 4) is 16.9 Å². The summed E-state index contributed by atoms with van der Waals surface area (Å²) in [7, 11) is 0. The number of rotatable bonds is 4. The van der Waals surface area contributed by atoms with Gasteiger partial charge in [-0.3, -0.25) is 10.1 Å². The van der Waals surface area contributed by atoms with Gasteiger partial charge in [-0.2, -0.15) is 0 Å². The SMILES string of the molecule is CC(=O)Nc1ccc([As](=O)(O)O)c(O)c1.O=[N+]([O-])c1cccc(-c2ccccc2)c1. The molecule has 0 aliphatic rings. The van der Waals surface area contributed by atoms with Crippen LogP contribution in [-0.4, -0.2) is 38.3 Å². The Balaban J connectivity index is 0.000000214. The molecular formula is C20H19AsN2O7. The molecule has 0 saturated carbocycles. The molecule has 10 heteroatoms. The van der Waals surface area contributed by atoms with Crippen molar-refractivity contribution in [2.45, 2.75) is 6.92 Å². The smallest absolute Gasteiger partial charge is 0.258 e. The normalized spacial score (nSPS) is 10.5. The van der Waals surface area contributed by atoms with E-state index in [1.807, 2.05) is 36.4 Å². The molecular weight excluding hydrogens is 455 g/mol. The van der Waals surface area contributed by atoms with Gasteiger partial charge in [-0.15, -0.1) is 0 Å². The zero-order valence-electron chi connectivity index (χ0n) is 15.8. The van der Waals surface area contributed by atoms with E-state index in [0.29, 0.717) is 0 Å². The van der Waals surface area contributed by atoms with Crippen LogP contribution in [0.2, 0.25) is 0 Å². The summed E-state index contributed by atoms with van der Waals surface area (Å²) < 4.78 is 28.2. The molecule has 156 valence electrons. The number of amides is 1. The molecule has 30 heavy (non-hydrogen) atoms. The predicted octanol–water partition coefficient (Wildman–Crippen LogP) is 2.17. The minimum absolute atomic E-state index is 0.122. The van der Waals surface area contributed by atoms with E-state index in [4.69, 9.17) is 8.19 Å². The predicted molar refractivity (Wildman–Crippen MR) is 111 cm³/mol. The third-order valence-corrected chi connectivity index (χ3v) is 5.88. The largest absolute Gasteiger partial charge is 0.270 e. The van der Waals surface area contributed by atoms with Crippen LogP contribution in [0.15, 0.2) is 72.8 Å². The van der Waals surface area contributed by atoms with Crippen molar-refractivity contribution in [1.82, 2.24) is 0 Å². The molecule has 3 rings (SSSR count). The zero-order valence-corrected chi connectivity index (χ0v) is 17.7. The first-order valence-corrected chi connectivity index (χ1v) is 11.9. The Morgan fingerprint density at radius 2 is 1.60 bits per heavy atom. The molecule has 4 N–H and O–H groups in total. The summed E-state index contributed by atoms with van der Waals surface area (Å²) in [6, 6.07) is 19.7. The van der Waals surface area contributed by atoms with Crippen molar-refractivity contribution < 1.29 is 26.8 Å². The van der Waals surface area contributed by atoms with E-state index in [1.54, 1.807) is 12.1 Å². The van der Waals surface area contributed by atoms with Crippen LogP contribution in [0, 0.1) is 10.1 Å². The molecule has 0 atom stereocenters. The summed E-state index contributed by atoms with van der Waals surface area (Å²) in [5.41, 5.74) is 2.26. The molecule has 0 bridgehead atoms.